The second-order valence-corrected chi connectivity index (χ2v) is 5.61. The summed E-state index contributed by atoms with van der Waals surface area (Å²) in [6.45, 7) is 8.48. The third kappa shape index (κ3) is 6.57. The van der Waals surface area contributed by atoms with Crippen molar-refractivity contribution in [1.82, 2.24) is 4.90 Å². The minimum atomic E-state index is 0.0324. The molecule has 0 spiro atoms. The summed E-state index contributed by atoms with van der Waals surface area (Å²) in [4.78, 5) is 2.35. The molecule has 0 aromatic heterocycles. The van der Waals surface area contributed by atoms with Gasteiger partial charge < -0.3 is 15.2 Å². The van der Waals surface area contributed by atoms with Gasteiger partial charge in [-0.15, -0.1) is 0 Å². The first-order valence-corrected chi connectivity index (χ1v) is 7.61. The van der Waals surface area contributed by atoms with Crippen molar-refractivity contribution in [3.8, 4) is 0 Å². The Bertz CT molecular complexity index is 410. The lowest BCUT2D eigenvalue weighted by atomic mass is 9.99. The van der Waals surface area contributed by atoms with Gasteiger partial charge in [0.1, 0.15) is 0 Å². The first-order chi connectivity index (χ1) is 10.1. The second-order valence-electron chi connectivity index (χ2n) is 5.61. The molecule has 0 amide bonds. The maximum absolute atomic E-state index is 6.41. The van der Waals surface area contributed by atoms with Gasteiger partial charge in [0, 0.05) is 46.5 Å². The predicted molar refractivity (Wildman–Crippen MR) is 87.7 cm³/mol. The van der Waals surface area contributed by atoms with Gasteiger partial charge in [0.2, 0.25) is 0 Å². The summed E-state index contributed by atoms with van der Waals surface area (Å²) >= 11 is 0. The van der Waals surface area contributed by atoms with E-state index in [-0.39, 0.29) is 6.04 Å². The van der Waals surface area contributed by atoms with E-state index in [1.165, 1.54) is 16.7 Å². The van der Waals surface area contributed by atoms with E-state index in [2.05, 4.69) is 36.9 Å². The number of nitrogens with two attached hydrogens (primary N) is 1. The van der Waals surface area contributed by atoms with Gasteiger partial charge in [-0.2, -0.15) is 0 Å². The van der Waals surface area contributed by atoms with Gasteiger partial charge >= 0.3 is 0 Å². The number of aryl methyl sites for hydroxylation is 2. The van der Waals surface area contributed by atoms with Crippen LogP contribution in [0.3, 0.4) is 0 Å². The number of methoxy groups -OCH3 is 2. The average Bonchev–Trinajstić information content (AvgIpc) is 2.44. The zero-order valence-electron chi connectivity index (χ0n) is 13.9. The van der Waals surface area contributed by atoms with Crippen molar-refractivity contribution in [3.05, 3.63) is 34.9 Å². The number of ether oxygens (including phenoxy) is 2. The minimum absolute atomic E-state index is 0.0324. The fourth-order valence-corrected chi connectivity index (χ4v) is 2.57. The van der Waals surface area contributed by atoms with Crippen molar-refractivity contribution in [3.63, 3.8) is 0 Å². The smallest absolute Gasteiger partial charge is 0.0589 e. The van der Waals surface area contributed by atoms with Crippen molar-refractivity contribution in [2.45, 2.75) is 26.3 Å². The molecule has 1 atom stereocenters. The lowest BCUT2D eigenvalue weighted by molar-refractivity contribution is 0.129. The summed E-state index contributed by atoms with van der Waals surface area (Å²) in [6, 6.07) is 6.51. The average molecular weight is 294 g/mol. The van der Waals surface area contributed by atoms with Gasteiger partial charge in [-0.1, -0.05) is 23.8 Å². The molecule has 4 nitrogen and oxygen atoms in total. The zero-order chi connectivity index (χ0) is 15.7. The lowest BCUT2D eigenvalue weighted by Crippen LogP contribution is -2.36. The summed E-state index contributed by atoms with van der Waals surface area (Å²) in [7, 11) is 3.47. The Morgan fingerprint density at radius 1 is 1.10 bits per heavy atom. The molecule has 0 fully saturated rings. The van der Waals surface area contributed by atoms with Crippen LogP contribution in [0.4, 0.5) is 0 Å². The van der Waals surface area contributed by atoms with Crippen LogP contribution in [0.2, 0.25) is 0 Å². The largest absolute Gasteiger partial charge is 0.385 e. The monoisotopic (exact) mass is 294 g/mol. The van der Waals surface area contributed by atoms with Crippen molar-refractivity contribution in [2.75, 3.05) is 47.1 Å². The van der Waals surface area contributed by atoms with Crippen LogP contribution >= 0.6 is 0 Å². The first kappa shape index (κ1) is 18.1. The van der Waals surface area contributed by atoms with Crippen molar-refractivity contribution in [2.24, 2.45) is 5.73 Å². The summed E-state index contributed by atoms with van der Waals surface area (Å²) in [6.07, 6.45) is 1.01. The lowest BCUT2D eigenvalue weighted by Gasteiger charge is -2.26. The second kappa shape index (κ2) is 9.90. The molecule has 4 heteroatoms. The number of rotatable bonds is 10. The van der Waals surface area contributed by atoms with Crippen LogP contribution < -0.4 is 5.73 Å². The van der Waals surface area contributed by atoms with E-state index < -0.39 is 0 Å². The molecule has 0 radical (unpaired) electrons. The van der Waals surface area contributed by atoms with Crippen LogP contribution in [0.5, 0.6) is 0 Å². The Labute approximate surface area is 129 Å². The van der Waals surface area contributed by atoms with E-state index in [1.54, 1.807) is 14.2 Å². The highest BCUT2D eigenvalue weighted by molar-refractivity contribution is 5.32. The van der Waals surface area contributed by atoms with Crippen molar-refractivity contribution in [1.29, 1.82) is 0 Å². The van der Waals surface area contributed by atoms with Crippen LogP contribution in [-0.2, 0) is 9.47 Å². The summed E-state index contributed by atoms with van der Waals surface area (Å²) in [5.74, 6) is 0. The summed E-state index contributed by atoms with van der Waals surface area (Å²) in [5.41, 5.74) is 10.2. The Balaban J connectivity index is 2.62. The van der Waals surface area contributed by atoms with Crippen molar-refractivity contribution >= 4 is 0 Å². The molecule has 1 rings (SSSR count). The van der Waals surface area contributed by atoms with E-state index in [4.69, 9.17) is 15.2 Å². The molecule has 0 saturated carbocycles. The Morgan fingerprint density at radius 2 is 1.81 bits per heavy atom. The highest BCUT2D eigenvalue weighted by atomic mass is 16.5. The highest BCUT2D eigenvalue weighted by Gasteiger charge is 2.14. The fourth-order valence-electron chi connectivity index (χ4n) is 2.57. The van der Waals surface area contributed by atoms with Gasteiger partial charge in [0.25, 0.3) is 0 Å². The number of nitrogens with zero attached hydrogens (tertiary/aromatic N) is 1. The number of hydrogen-bond acceptors (Lipinski definition) is 4. The maximum atomic E-state index is 6.41. The van der Waals surface area contributed by atoms with Crippen molar-refractivity contribution < 1.29 is 9.47 Å². The Kier molecular flexibility index (Phi) is 8.54. The molecule has 0 saturated heterocycles. The van der Waals surface area contributed by atoms with Gasteiger partial charge in [0.15, 0.2) is 0 Å². The molecule has 0 aliphatic rings. The molecule has 2 N–H and O–H groups in total. The molecule has 1 aromatic rings. The zero-order valence-corrected chi connectivity index (χ0v) is 13.9. The van der Waals surface area contributed by atoms with Crippen LogP contribution in [0.25, 0.3) is 0 Å². The molecule has 0 heterocycles. The van der Waals surface area contributed by atoms with E-state index in [0.717, 1.165) is 39.3 Å². The normalized spacial score (nSPS) is 12.9. The molecule has 120 valence electrons. The predicted octanol–water partition coefficient (Wildman–Crippen LogP) is 2.29. The first-order valence-electron chi connectivity index (χ1n) is 7.61. The number of hydrogen-bond donors (Lipinski definition) is 1. The maximum Gasteiger partial charge on any atom is 0.0589 e. The number of benzene rings is 1. The fraction of sp³-hybridized carbons (Fsp3) is 0.647. The molecule has 0 aliphatic carbocycles. The van der Waals surface area contributed by atoms with E-state index in [0.29, 0.717) is 0 Å². The van der Waals surface area contributed by atoms with Crippen LogP contribution in [0.15, 0.2) is 18.2 Å². The van der Waals surface area contributed by atoms with Gasteiger partial charge in [-0.3, -0.25) is 4.90 Å². The van der Waals surface area contributed by atoms with Crippen LogP contribution in [0.1, 0.15) is 29.2 Å². The quantitative estimate of drug-likeness (QED) is 0.673. The minimum Gasteiger partial charge on any atom is -0.385 e. The van der Waals surface area contributed by atoms with Gasteiger partial charge in [0.05, 0.1) is 6.61 Å². The van der Waals surface area contributed by atoms with E-state index in [9.17, 15) is 0 Å². The molecule has 0 bridgehead atoms. The van der Waals surface area contributed by atoms with Crippen LogP contribution in [0, 0.1) is 13.8 Å². The van der Waals surface area contributed by atoms with Gasteiger partial charge in [-0.25, -0.2) is 0 Å². The third-order valence-electron chi connectivity index (χ3n) is 3.71. The molecule has 1 aromatic carbocycles. The third-order valence-corrected chi connectivity index (χ3v) is 3.71. The standard InChI is InChI=1S/C17H30N2O2/c1-14-6-7-16(15(2)12-14)17(18)13-19(9-11-21-4)8-5-10-20-3/h6-7,12,17H,5,8-11,13,18H2,1-4H3. The Morgan fingerprint density at radius 3 is 2.43 bits per heavy atom. The molecular formula is C17H30N2O2. The van der Waals surface area contributed by atoms with Gasteiger partial charge in [-0.05, 0) is 31.4 Å². The Hall–Kier alpha value is -0.940. The molecule has 0 aliphatic heterocycles. The summed E-state index contributed by atoms with van der Waals surface area (Å²) in [5, 5.41) is 0. The van der Waals surface area contributed by atoms with E-state index >= 15 is 0 Å². The molecule has 21 heavy (non-hydrogen) atoms. The van der Waals surface area contributed by atoms with Crippen LogP contribution in [-0.4, -0.2) is 52.0 Å². The summed E-state index contributed by atoms with van der Waals surface area (Å²) < 4.78 is 10.3. The SMILES string of the molecule is COCCCN(CCOC)CC(N)c1ccc(C)cc1C. The topological polar surface area (TPSA) is 47.7 Å². The highest BCUT2D eigenvalue weighted by Crippen LogP contribution is 2.18. The molecular weight excluding hydrogens is 264 g/mol. The van der Waals surface area contributed by atoms with E-state index in [1.807, 2.05) is 0 Å². The molecule has 1 unspecified atom stereocenters.